The van der Waals surface area contributed by atoms with Crippen LogP contribution in [0.15, 0.2) is 30.3 Å². The highest BCUT2D eigenvalue weighted by molar-refractivity contribution is 7.99. The number of hydrogen-bond acceptors (Lipinski definition) is 2. The maximum absolute atomic E-state index is 3.80. The van der Waals surface area contributed by atoms with Crippen LogP contribution in [0.1, 0.15) is 38.8 Å². The third kappa shape index (κ3) is 3.26. The van der Waals surface area contributed by atoms with Crippen LogP contribution in [0.25, 0.3) is 0 Å². The van der Waals surface area contributed by atoms with E-state index < -0.39 is 0 Å². The molecule has 1 aromatic carbocycles. The molecule has 1 nitrogen and oxygen atoms in total. The van der Waals surface area contributed by atoms with Crippen molar-refractivity contribution in [3.8, 4) is 0 Å². The van der Waals surface area contributed by atoms with Crippen LogP contribution < -0.4 is 5.32 Å². The number of rotatable bonds is 3. The van der Waals surface area contributed by atoms with Crippen LogP contribution in [0.2, 0.25) is 0 Å². The van der Waals surface area contributed by atoms with Gasteiger partial charge in [0.15, 0.2) is 0 Å². The van der Waals surface area contributed by atoms with Crippen LogP contribution in [0.4, 0.5) is 0 Å². The Bertz CT molecular complexity index is 347. The van der Waals surface area contributed by atoms with Crippen LogP contribution in [0.5, 0.6) is 0 Å². The van der Waals surface area contributed by atoms with Gasteiger partial charge in [0.05, 0.1) is 0 Å². The Labute approximate surface area is 109 Å². The lowest BCUT2D eigenvalue weighted by Crippen LogP contribution is -2.47. The van der Waals surface area contributed by atoms with Crippen LogP contribution in [0, 0.1) is 5.41 Å². The number of nitrogens with one attached hydrogen (secondary N) is 1. The summed E-state index contributed by atoms with van der Waals surface area (Å²) >= 11 is 2.08. The summed E-state index contributed by atoms with van der Waals surface area (Å²) in [7, 11) is 0. The van der Waals surface area contributed by atoms with E-state index in [1.54, 1.807) is 0 Å². The van der Waals surface area contributed by atoms with Gasteiger partial charge in [-0.3, -0.25) is 0 Å². The van der Waals surface area contributed by atoms with E-state index in [4.69, 9.17) is 0 Å². The molecule has 0 aliphatic carbocycles. The number of hydrogen-bond donors (Lipinski definition) is 1. The Morgan fingerprint density at radius 2 is 2.00 bits per heavy atom. The van der Waals surface area contributed by atoms with Gasteiger partial charge < -0.3 is 5.32 Å². The van der Waals surface area contributed by atoms with Gasteiger partial charge >= 0.3 is 0 Å². The molecule has 0 bridgehead atoms. The summed E-state index contributed by atoms with van der Waals surface area (Å²) in [5.74, 6) is 2.55. The molecule has 2 atom stereocenters. The minimum Gasteiger partial charge on any atom is -0.306 e. The van der Waals surface area contributed by atoms with Crippen molar-refractivity contribution in [2.75, 3.05) is 11.5 Å². The molecule has 0 aromatic heterocycles. The fourth-order valence-electron chi connectivity index (χ4n) is 2.35. The Hall–Kier alpha value is -0.470. The molecule has 94 valence electrons. The molecule has 1 fully saturated rings. The monoisotopic (exact) mass is 249 g/mol. The van der Waals surface area contributed by atoms with E-state index in [2.05, 4.69) is 68.2 Å². The lowest BCUT2D eigenvalue weighted by molar-refractivity contribution is 0.232. The molecule has 2 heteroatoms. The largest absolute Gasteiger partial charge is 0.306 e. The Morgan fingerprint density at radius 3 is 2.65 bits per heavy atom. The molecular weight excluding hydrogens is 226 g/mol. The lowest BCUT2D eigenvalue weighted by atomic mass is 9.81. The number of benzene rings is 1. The van der Waals surface area contributed by atoms with E-state index >= 15 is 0 Å². The number of thioether (sulfide) groups is 1. The highest BCUT2D eigenvalue weighted by atomic mass is 32.2. The average molecular weight is 249 g/mol. The Balaban J connectivity index is 2.00. The van der Waals surface area contributed by atoms with Crippen molar-refractivity contribution in [2.45, 2.75) is 39.3 Å². The van der Waals surface area contributed by atoms with Gasteiger partial charge in [-0.05, 0) is 30.1 Å². The van der Waals surface area contributed by atoms with E-state index in [1.807, 2.05) is 0 Å². The van der Waals surface area contributed by atoms with Gasteiger partial charge in [-0.1, -0.05) is 44.2 Å². The predicted octanol–water partition coefficient (Wildman–Crippen LogP) is 3.87. The molecule has 1 saturated heterocycles. The second-order valence-corrected chi connectivity index (χ2v) is 6.81. The van der Waals surface area contributed by atoms with E-state index in [9.17, 15) is 0 Å². The molecule has 1 aliphatic rings. The van der Waals surface area contributed by atoms with Gasteiger partial charge in [-0.15, -0.1) is 0 Å². The Morgan fingerprint density at radius 1 is 1.29 bits per heavy atom. The summed E-state index contributed by atoms with van der Waals surface area (Å²) < 4.78 is 0. The molecule has 1 heterocycles. The fraction of sp³-hybridized carbons (Fsp3) is 0.600. The smallest absolute Gasteiger partial charge is 0.0294 e. The van der Waals surface area contributed by atoms with Gasteiger partial charge in [0.1, 0.15) is 0 Å². The zero-order valence-electron chi connectivity index (χ0n) is 11.1. The molecule has 0 saturated carbocycles. The molecule has 17 heavy (non-hydrogen) atoms. The summed E-state index contributed by atoms with van der Waals surface area (Å²) in [6.45, 7) is 7.05. The molecule has 1 N–H and O–H groups in total. The first kappa shape index (κ1) is 13.0. The topological polar surface area (TPSA) is 12.0 Å². The van der Waals surface area contributed by atoms with Crippen LogP contribution in [-0.2, 0) is 0 Å². The van der Waals surface area contributed by atoms with Crippen molar-refractivity contribution < 1.29 is 0 Å². The standard InChI is InChI=1S/C15H23NS/c1-12(13-7-5-4-6-8-13)16-14-11-17-10-9-15(14,2)3/h4-8,12,14,16H,9-11H2,1-3H3/t12-,14?/m1/s1. The van der Waals surface area contributed by atoms with Crippen LogP contribution >= 0.6 is 11.8 Å². The molecule has 0 amide bonds. The maximum Gasteiger partial charge on any atom is 0.0294 e. The zero-order chi connectivity index (χ0) is 12.3. The first-order chi connectivity index (χ1) is 8.09. The fourth-order valence-corrected chi connectivity index (χ4v) is 3.97. The first-order valence-corrected chi connectivity index (χ1v) is 7.64. The third-order valence-electron chi connectivity index (χ3n) is 3.87. The van der Waals surface area contributed by atoms with Crippen molar-refractivity contribution in [2.24, 2.45) is 5.41 Å². The summed E-state index contributed by atoms with van der Waals surface area (Å²) in [4.78, 5) is 0. The molecular formula is C15H23NS. The van der Waals surface area contributed by atoms with Crippen molar-refractivity contribution >= 4 is 11.8 Å². The third-order valence-corrected chi connectivity index (χ3v) is 4.93. The van der Waals surface area contributed by atoms with Gasteiger partial charge in [0, 0.05) is 17.8 Å². The lowest BCUT2D eigenvalue weighted by Gasteiger charge is -2.40. The van der Waals surface area contributed by atoms with Gasteiger partial charge in [-0.2, -0.15) is 11.8 Å². The normalized spacial score (nSPS) is 25.5. The van der Waals surface area contributed by atoms with Crippen molar-refractivity contribution in [3.05, 3.63) is 35.9 Å². The zero-order valence-corrected chi connectivity index (χ0v) is 11.9. The van der Waals surface area contributed by atoms with E-state index in [0.717, 1.165) is 0 Å². The van der Waals surface area contributed by atoms with E-state index in [-0.39, 0.29) is 0 Å². The molecule has 1 unspecified atom stereocenters. The molecule has 0 spiro atoms. The van der Waals surface area contributed by atoms with Crippen molar-refractivity contribution in [1.82, 2.24) is 5.32 Å². The van der Waals surface area contributed by atoms with Gasteiger partial charge in [0.2, 0.25) is 0 Å². The molecule has 1 aliphatic heterocycles. The summed E-state index contributed by atoms with van der Waals surface area (Å²) in [5, 5.41) is 3.80. The average Bonchev–Trinajstić information content (AvgIpc) is 2.33. The summed E-state index contributed by atoms with van der Waals surface area (Å²) in [6.07, 6.45) is 1.32. The minimum atomic E-state index is 0.425. The predicted molar refractivity (Wildman–Crippen MR) is 77.5 cm³/mol. The molecule has 0 radical (unpaired) electrons. The van der Waals surface area contributed by atoms with Crippen molar-refractivity contribution in [1.29, 1.82) is 0 Å². The molecule has 1 aromatic rings. The summed E-state index contributed by atoms with van der Waals surface area (Å²) in [5.41, 5.74) is 1.81. The SMILES string of the molecule is C[C@@H](NC1CSCCC1(C)C)c1ccccc1. The van der Waals surface area contributed by atoms with E-state index in [1.165, 1.54) is 23.5 Å². The minimum absolute atomic E-state index is 0.425. The first-order valence-electron chi connectivity index (χ1n) is 6.48. The highest BCUT2D eigenvalue weighted by Crippen LogP contribution is 2.35. The maximum atomic E-state index is 3.80. The second-order valence-electron chi connectivity index (χ2n) is 5.67. The van der Waals surface area contributed by atoms with Crippen LogP contribution in [-0.4, -0.2) is 17.5 Å². The second kappa shape index (κ2) is 5.45. The van der Waals surface area contributed by atoms with Gasteiger partial charge in [-0.25, -0.2) is 0 Å². The molecule has 2 rings (SSSR count). The Kier molecular flexibility index (Phi) is 4.16. The quantitative estimate of drug-likeness (QED) is 0.873. The van der Waals surface area contributed by atoms with Gasteiger partial charge in [0.25, 0.3) is 0 Å². The van der Waals surface area contributed by atoms with Crippen LogP contribution in [0.3, 0.4) is 0 Å². The van der Waals surface area contributed by atoms with E-state index in [0.29, 0.717) is 17.5 Å². The highest BCUT2D eigenvalue weighted by Gasteiger charge is 2.33. The summed E-state index contributed by atoms with van der Waals surface area (Å²) in [6, 6.07) is 11.8. The van der Waals surface area contributed by atoms with Crippen molar-refractivity contribution in [3.63, 3.8) is 0 Å².